The molecule has 1 aromatic heterocycles. The Morgan fingerprint density at radius 3 is 2.13 bits per heavy atom. The highest BCUT2D eigenvalue weighted by molar-refractivity contribution is 7.92. The second-order valence-electron chi connectivity index (χ2n) is 14.6. The lowest BCUT2D eigenvalue weighted by Gasteiger charge is -2.37. The standard InChI is InChI=1S/C40H52N6O6S/c1-27(2)31-13-9-10-14-32(31)41-35(47)21-26-51-38-36(52-34-16-12-11-15-33(34)50-8)37(42-39(43-38)46-24-22-45(23-25-46)28(3)4)44-53(48,49)30-19-17-29(18-20-30)40(5,6)7/h9-20,27-28H,21-26H2,1-8H3,(H,41,47)(H,42,43,44). The quantitative estimate of drug-likeness (QED) is 0.134. The average Bonchev–Trinajstić information content (AvgIpc) is 3.12. The third kappa shape index (κ3) is 9.96. The molecule has 284 valence electrons. The number of sulfonamides is 1. The Morgan fingerprint density at radius 2 is 1.51 bits per heavy atom. The SMILES string of the molecule is COc1ccccc1Oc1c(NS(=O)(=O)c2ccc(C(C)(C)C)cc2)nc(N2CCN(C(C)C)CC2)nc1OCCC(=O)Nc1ccccc1C(C)C. The zero-order valence-corrected chi connectivity index (χ0v) is 32.8. The van der Waals surface area contributed by atoms with E-state index in [1.807, 2.05) is 29.2 Å². The molecule has 2 heterocycles. The first-order chi connectivity index (χ1) is 25.2. The molecule has 0 aliphatic carbocycles. The van der Waals surface area contributed by atoms with Gasteiger partial charge < -0.3 is 24.4 Å². The summed E-state index contributed by atoms with van der Waals surface area (Å²) in [6.07, 6.45) is -0.00584. The van der Waals surface area contributed by atoms with E-state index in [1.165, 1.54) is 7.11 Å². The van der Waals surface area contributed by atoms with Gasteiger partial charge in [0, 0.05) is 37.9 Å². The van der Waals surface area contributed by atoms with Crippen molar-refractivity contribution in [2.75, 3.05) is 54.8 Å². The highest BCUT2D eigenvalue weighted by Crippen LogP contribution is 2.42. The monoisotopic (exact) mass is 744 g/mol. The van der Waals surface area contributed by atoms with Crippen LogP contribution in [0.25, 0.3) is 0 Å². The number of amides is 1. The lowest BCUT2D eigenvalue weighted by molar-refractivity contribution is -0.116. The third-order valence-corrected chi connectivity index (χ3v) is 10.5. The third-order valence-electron chi connectivity index (χ3n) is 9.12. The average molecular weight is 745 g/mol. The summed E-state index contributed by atoms with van der Waals surface area (Å²) in [5.74, 6) is 0.732. The van der Waals surface area contributed by atoms with Crippen molar-refractivity contribution in [1.29, 1.82) is 0 Å². The minimum atomic E-state index is -4.17. The summed E-state index contributed by atoms with van der Waals surface area (Å²) in [5.41, 5.74) is 2.60. The number of hydrogen-bond acceptors (Lipinski definition) is 10. The maximum Gasteiger partial charge on any atom is 0.265 e. The van der Waals surface area contributed by atoms with Gasteiger partial charge in [-0.1, -0.05) is 77.1 Å². The molecular formula is C40H52N6O6S. The molecule has 12 nitrogen and oxygen atoms in total. The molecule has 0 radical (unpaired) electrons. The van der Waals surface area contributed by atoms with Gasteiger partial charge in [-0.2, -0.15) is 9.97 Å². The normalized spacial score (nSPS) is 14.0. The first-order valence-corrected chi connectivity index (χ1v) is 19.5. The Labute approximate surface area is 313 Å². The molecule has 13 heteroatoms. The molecule has 3 aromatic carbocycles. The maximum absolute atomic E-state index is 14.0. The molecule has 0 saturated carbocycles. The largest absolute Gasteiger partial charge is 0.493 e. The van der Waals surface area contributed by atoms with Crippen LogP contribution in [0.5, 0.6) is 23.1 Å². The smallest absolute Gasteiger partial charge is 0.265 e. The Kier molecular flexibility index (Phi) is 12.5. The number of hydrogen-bond donors (Lipinski definition) is 2. The predicted octanol–water partition coefficient (Wildman–Crippen LogP) is 7.44. The number of carbonyl (C=O) groups excluding carboxylic acids is 1. The van der Waals surface area contributed by atoms with Crippen LogP contribution in [-0.2, 0) is 20.2 Å². The van der Waals surface area contributed by atoms with Crippen molar-refractivity contribution in [3.63, 3.8) is 0 Å². The van der Waals surface area contributed by atoms with E-state index >= 15 is 0 Å². The van der Waals surface area contributed by atoms with Crippen LogP contribution in [0.3, 0.4) is 0 Å². The minimum Gasteiger partial charge on any atom is -0.493 e. The van der Waals surface area contributed by atoms with E-state index in [-0.39, 0.29) is 58.6 Å². The van der Waals surface area contributed by atoms with Crippen LogP contribution < -0.4 is 29.1 Å². The topological polar surface area (TPSA) is 135 Å². The van der Waals surface area contributed by atoms with E-state index in [9.17, 15) is 13.2 Å². The molecule has 0 bridgehead atoms. The van der Waals surface area contributed by atoms with Crippen molar-refractivity contribution in [3.05, 3.63) is 83.9 Å². The van der Waals surface area contributed by atoms with E-state index in [0.717, 1.165) is 29.9 Å². The predicted molar refractivity (Wildman–Crippen MR) is 209 cm³/mol. The van der Waals surface area contributed by atoms with Crippen LogP contribution in [0.4, 0.5) is 17.5 Å². The Balaban J connectivity index is 1.52. The molecule has 1 aliphatic heterocycles. The Morgan fingerprint density at radius 1 is 0.868 bits per heavy atom. The second kappa shape index (κ2) is 16.9. The van der Waals surface area contributed by atoms with Gasteiger partial charge in [0.15, 0.2) is 17.3 Å². The molecule has 1 fully saturated rings. The van der Waals surface area contributed by atoms with E-state index in [1.54, 1.807) is 48.5 Å². The molecule has 53 heavy (non-hydrogen) atoms. The number of rotatable bonds is 14. The number of ether oxygens (including phenoxy) is 3. The number of nitrogens with zero attached hydrogens (tertiary/aromatic N) is 4. The van der Waals surface area contributed by atoms with E-state index < -0.39 is 10.0 Å². The van der Waals surface area contributed by atoms with E-state index in [0.29, 0.717) is 30.6 Å². The zero-order valence-electron chi connectivity index (χ0n) is 32.0. The van der Waals surface area contributed by atoms with Gasteiger partial charge in [-0.05, 0) is 66.6 Å². The minimum absolute atomic E-state index is 0.00584. The van der Waals surface area contributed by atoms with Gasteiger partial charge in [-0.25, -0.2) is 8.42 Å². The molecule has 0 spiro atoms. The number of methoxy groups -OCH3 is 1. The summed E-state index contributed by atoms with van der Waals surface area (Å²) in [5, 5.41) is 2.99. The summed E-state index contributed by atoms with van der Waals surface area (Å²) in [6.45, 7) is 17.3. The summed E-state index contributed by atoms with van der Waals surface area (Å²) in [6, 6.07) is 21.8. The van der Waals surface area contributed by atoms with Crippen molar-refractivity contribution < 1.29 is 27.4 Å². The fourth-order valence-corrected chi connectivity index (χ4v) is 6.96. The second-order valence-corrected chi connectivity index (χ2v) is 16.3. The van der Waals surface area contributed by atoms with Crippen molar-refractivity contribution in [3.8, 4) is 23.1 Å². The van der Waals surface area contributed by atoms with E-state index in [4.69, 9.17) is 24.2 Å². The van der Waals surface area contributed by atoms with Gasteiger partial charge in [0.25, 0.3) is 15.9 Å². The van der Waals surface area contributed by atoms with Crippen LogP contribution in [0, 0.1) is 0 Å². The molecule has 0 atom stereocenters. The lowest BCUT2D eigenvalue weighted by Crippen LogP contribution is -2.49. The fraction of sp³-hybridized carbons (Fsp3) is 0.425. The maximum atomic E-state index is 14.0. The molecule has 2 N–H and O–H groups in total. The van der Waals surface area contributed by atoms with Crippen LogP contribution in [0.1, 0.15) is 71.9 Å². The van der Waals surface area contributed by atoms with Crippen LogP contribution in [0.15, 0.2) is 77.7 Å². The number of piperazine rings is 1. The van der Waals surface area contributed by atoms with Gasteiger partial charge in [0.1, 0.15) is 0 Å². The van der Waals surface area contributed by atoms with Gasteiger partial charge in [-0.15, -0.1) is 0 Å². The van der Waals surface area contributed by atoms with Crippen molar-refractivity contribution in [1.82, 2.24) is 14.9 Å². The highest BCUT2D eigenvalue weighted by Gasteiger charge is 2.29. The van der Waals surface area contributed by atoms with Crippen LogP contribution in [0.2, 0.25) is 0 Å². The molecule has 1 amide bonds. The Bertz CT molecular complexity index is 1970. The first kappa shape index (κ1) is 39.3. The Hall–Kier alpha value is -4.88. The molecule has 0 unspecified atom stereocenters. The molecular weight excluding hydrogens is 693 g/mol. The van der Waals surface area contributed by atoms with Crippen molar-refractivity contribution in [2.45, 2.75) is 77.2 Å². The van der Waals surface area contributed by atoms with Crippen molar-refractivity contribution >= 4 is 33.4 Å². The number of nitrogens with one attached hydrogen (secondary N) is 2. The summed E-state index contributed by atoms with van der Waals surface area (Å²) < 4.78 is 48.8. The van der Waals surface area contributed by atoms with E-state index in [2.05, 4.69) is 63.4 Å². The van der Waals surface area contributed by atoms with Gasteiger partial charge >= 0.3 is 0 Å². The van der Waals surface area contributed by atoms with Gasteiger partial charge in [-0.3, -0.25) is 14.4 Å². The fourth-order valence-electron chi connectivity index (χ4n) is 5.96. The van der Waals surface area contributed by atoms with Gasteiger partial charge in [0.05, 0.1) is 25.0 Å². The molecule has 4 aromatic rings. The van der Waals surface area contributed by atoms with Crippen LogP contribution in [-0.4, -0.2) is 75.1 Å². The molecule has 5 rings (SSSR count). The van der Waals surface area contributed by atoms with Gasteiger partial charge in [0.2, 0.25) is 17.6 Å². The zero-order chi connectivity index (χ0) is 38.3. The number of para-hydroxylation sites is 3. The summed E-state index contributed by atoms with van der Waals surface area (Å²) in [4.78, 5) is 27.1. The van der Waals surface area contributed by atoms with Crippen molar-refractivity contribution in [2.24, 2.45) is 0 Å². The first-order valence-electron chi connectivity index (χ1n) is 18.0. The number of aromatic nitrogens is 2. The highest BCUT2D eigenvalue weighted by atomic mass is 32.2. The number of carbonyl (C=O) groups is 1. The lowest BCUT2D eigenvalue weighted by atomic mass is 9.87. The molecule has 1 aliphatic rings. The summed E-state index contributed by atoms with van der Waals surface area (Å²) >= 11 is 0. The molecule has 1 saturated heterocycles. The number of benzene rings is 3. The number of anilines is 3. The summed E-state index contributed by atoms with van der Waals surface area (Å²) in [7, 11) is -2.66. The van der Waals surface area contributed by atoms with Crippen LogP contribution >= 0.6 is 0 Å².